The van der Waals surface area contributed by atoms with Gasteiger partial charge in [-0.3, -0.25) is 19.7 Å². The van der Waals surface area contributed by atoms with Crippen LogP contribution in [0.4, 0.5) is 22.7 Å². The summed E-state index contributed by atoms with van der Waals surface area (Å²) in [6, 6.07) is 12.6. The summed E-state index contributed by atoms with van der Waals surface area (Å²) in [6.45, 7) is 5.12. The topological polar surface area (TPSA) is 96.2 Å². The van der Waals surface area contributed by atoms with Gasteiger partial charge in [0.2, 0.25) is 11.8 Å². The van der Waals surface area contributed by atoms with Crippen molar-refractivity contribution in [3.63, 3.8) is 0 Å². The molecule has 1 aliphatic carbocycles. The second kappa shape index (κ2) is 9.56. The highest BCUT2D eigenvalue weighted by atomic mass is 16.6. The zero-order valence-electron chi connectivity index (χ0n) is 19.9. The van der Waals surface area contributed by atoms with Crippen molar-refractivity contribution in [1.29, 1.82) is 0 Å². The number of benzene rings is 2. The number of para-hydroxylation sites is 2. The largest absolute Gasteiger partial charge is 0.492 e. The molecule has 2 heterocycles. The first kappa shape index (κ1) is 23.1. The Bertz CT molecular complexity index is 1120. The molecule has 2 amide bonds. The highest BCUT2D eigenvalue weighted by molar-refractivity contribution is 6.22. The normalized spacial score (nSPS) is 22.4. The van der Waals surface area contributed by atoms with E-state index in [0.29, 0.717) is 57.0 Å². The van der Waals surface area contributed by atoms with E-state index >= 15 is 0 Å². The number of amides is 2. The summed E-state index contributed by atoms with van der Waals surface area (Å²) < 4.78 is 5.76. The summed E-state index contributed by atoms with van der Waals surface area (Å²) in [5.74, 6) is -0.184. The molecule has 3 fully saturated rings. The highest BCUT2D eigenvalue weighted by Gasteiger charge is 2.49. The van der Waals surface area contributed by atoms with Crippen molar-refractivity contribution in [1.82, 2.24) is 0 Å². The van der Waals surface area contributed by atoms with Crippen molar-refractivity contribution >= 4 is 34.6 Å². The molecule has 3 aliphatic rings. The molecule has 184 valence electrons. The van der Waals surface area contributed by atoms with Gasteiger partial charge < -0.3 is 14.5 Å². The fourth-order valence-electron chi connectivity index (χ4n) is 5.67. The van der Waals surface area contributed by atoms with Gasteiger partial charge in [0.25, 0.3) is 5.69 Å². The van der Waals surface area contributed by atoms with Gasteiger partial charge >= 0.3 is 0 Å². The SMILES string of the molecule is CCOc1ccccc1N1CCN(c2ccc(N3C(=O)[C@H]4CCCC[C@H]4C3=O)cc2[N+](=O)[O-])CC1. The van der Waals surface area contributed by atoms with Crippen molar-refractivity contribution in [3.8, 4) is 5.75 Å². The van der Waals surface area contributed by atoms with Crippen LogP contribution in [-0.2, 0) is 9.59 Å². The Hall–Kier alpha value is -3.62. The molecule has 2 aromatic rings. The number of fused-ring (bicyclic) bond motifs is 1. The van der Waals surface area contributed by atoms with Gasteiger partial charge in [-0.2, -0.15) is 0 Å². The van der Waals surface area contributed by atoms with E-state index in [2.05, 4.69) is 4.90 Å². The van der Waals surface area contributed by atoms with E-state index < -0.39 is 4.92 Å². The number of nitro benzene ring substituents is 1. The van der Waals surface area contributed by atoms with Crippen LogP contribution >= 0.6 is 0 Å². The number of hydrogen-bond donors (Lipinski definition) is 0. The number of nitro groups is 1. The van der Waals surface area contributed by atoms with Crippen LogP contribution in [0.2, 0.25) is 0 Å². The maximum absolute atomic E-state index is 13.0. The molecule has 0 N–H and O–H groups in total. The lowest BCUT2D eigenvalue weighted by Crippen LogP contribution is -2.46. The average molecular weight is 479 g/mol. The molecule has 2 aromatic carbocycles. The summed E-state index contributed by atoms with van der Waals surface area (Å²) >= 11 is 0. The van der Waals surface area contributed by atoms with Crippen LogP contribution in [0.15, 0.2) is 42.5 Å². The van der Waals surface area contributed by atoms with Gasteiger partial charge in [-0.1, -0.05) is 25.0 Å². The molecule has 1 saturated carbocycles. The Morgan fingerprint density at radius 3 is 2.11 bits per heavy atom. The quantitative estimate of drug-likeness (QED) is 0.352. The summed E-state index contributed by atoms with van der Waals surface area (Å²) in [7, 11) is 0. The van der Waals surface area contributed by atoms with Gasteiger partial charge in [0.05, 0.1) is 34.7 Å². The first-order chi connectivity index (χ1) is 17.0. The molecule has 0 spiro atoms. The summed E-state index contributed by atoms with van der Waals surface area (Å²) in [5.41, 5.74) is 1.75. The predicted octanol–water partition coefficient (Wildman–Crippen LogP) is 4.00. The monoisotopic (exact) mass is 478 g/mol. The van der Waals surface area contributed by atoms with Gasteiger partial charge in [-0.15, -0.1) is 0 Å². The predicted molar refractivity (Wildman–Crippen MR) is 133 cm³/mol. The lowest BCUT2D eigenvalue weighted by Gasteiger charge is -2.37. The minimum absolute atomic E-state index is 0.0823. The molecular weight excluding hydrogens is 448 g/mol. The van der Waals surface area contributed by atoms with Crippen molar-refractivity contribution in [2.24, 2.45) is 11.8 Å². The van der Waals surface area contributed by atoms with Gasteiger partial charge in [0.15, 0.2) is 0 Å². The molecule has 2 aliphatic heterocycles. The maximum Gasteiger partial charge on any atom is 0.294 e. The molecule has 0 radical (unpaired) electrons. The molecular formula is C26H30N4O5. The summed E-state index contributed by atoms with van der Waals surface area (Å²) in [5, 5.41) is 12.0. The second-order valence-corrected chi connectivity index (χ2v) is 9.31. The third-order valence-electron chi connectivity index (χ3n) is 7.38. The molecule has 0 aromatic heterocycles. The van der Waals surface area contributed by atoms with Crippen LogP contribution in [0, 0.1) is 22.0 Å². The number of anilines is 3. The Balaban J connectivity index is 1.36. The summed E-state index contributed by atoms with van der Waals surface area (Å²) in [4.78, 5) is 42.9. The average Bonchev–Trinajstić information content (AvgIpc) is 3.14. The summed E-state index contributed by atoms with van der Waals surface area (Å²) in [6.07, 6.45) is 3.30. The van der Waals surface area contributed by atoms with Crippen LogP contribution < -0.4 is 19.4 Å². The second-order valence-electron chi connectivity index (χ2n) is 9.31. The smallest absolute Gasteiger partial charge is 0.294 e. The number of ether oxygens (including phenoxy) is 1. The number of carbonyl (C=O) groups excluding carboxylic acids is 2. The Kier molecular flexibility index (Phi) is 6.32. The molecule has 0 unspecified atom stereocenters. The van der Waals surface area contributed by atoms with E-state index in [9.17, 15) is 19.7 Å². The fourth-order valence-corrected chi connectivity index (χ4v) is 5.67. The number of imide groups is 1. The first-order valence-corrected chi connectivity index (χ1v) is 12.4. The van der Waals surface area contributed by atoms with Gasteiger partial charge in [-0.25, -0.2) is 4.90 Å². The van der Waals surface area contributed by atoms with Crippen LogP contribution in [-0.4, -0.2) is 49.5 Å². The minimum Gasteiger partial charge on any atom is -0.492 e. The molecule has 5 rings (SSSR count). The van der Waals surface area contributed by atoms with E-state index in [0.717, 1.165) is 24.3 Å². The number of carbonyl (C=O) groups is 2. The van der Waals surface area contributed by atoms with Crippen molar-refractivity contribution in [3.05, 3.63) is 52.6 Å². The van der Waals surface area contributed by atoms with E-state index in [-0.39, 0.29) is 29.3 Å². The Labute approximate surface area is 204 Å². The lowest BCUT2D eigenvalue weighted by atomic mass is 9.81. The van der Waals surface area contributed by atoms with Gasteiger partial charge in [0, 0.05) is 32.2 Å². The molecule has 0 bridgehead atoms. The molecule has 2 atom stereocenters. The maximum atomic E-state index is 13.0. The van der Waals surface area contributed by atoms with Gasteiger partial charge in [0.1, 0.15) is 11.4 Å². The number of hydrogen-bond acceptors (Lipinski definition) is 7. The Morgan fingerprint density at radius 2 is 1.51 bits per heavy atom. The zero-order chi connectivity index (χ0) is 24.5. The molecule has 35 heavy (non-hydrogen) atoms. The zero-order valence-corrected chi connectivity index (χ0v) is 19.9. The van der Waals surface area contributed by atoms with Crippen molar-refractivity contribution in [2.75, 3.05) is 47.5 Å². The third kappa shape index (κ3) is 4.19. The van der Waals surface area contributed by atoms with E-state index in [1.54, 1.807) is 12.1 Å². The number of rotatable bonds is 6. The molecule has 9 nitrogen and oxygen atoms in total. The van der Waals surface area contributed by atoms with E-state index in [1.807, 2.05) is 36.1 Å². The third-order valence-corrected chi connectivity index (χ3v) is 7.38. The Morgan fingerprint density at radius 1 is 0.914 bits per heavy atom. The highest BCUT2D eigenvalue weighted by Crippen LogP contribution is 2.42. The van der Waals surface area contributed by atoms with Crippen molar-refractivity contribution < 1.29 is 19.2 Å². The van der Waals surface area contributed by atoms with Gasteiger partial charge in [-0.05, 0) is 44.0 Å². The first-order valence-electron chi connectivity index (χ1n) is 12.4. The van der Waals surface area contributed by atoms with Crippen LogP contribution in [0.1, 0.15) is 32.6 Å². The molecule has 2 saturated heterocycles. The van der Waals surface area contributed by atoms with Crippen LogP contribution in [0.25, 0.3) is 0 Å². The number of piperazine rings is 1. The lowest BCUT2D eigenvalue weighted by molar-refractivity contribution is -0.384. The molecule has 9 heteroatoms. The minimum atomic E-state index is -0.423. The van der Waals surface area contributed by atoms with Crippen molar-refractivity contribution in [2.45, 2.75) is 32.6 Å². The fraction of sp³-hybridized carbons (Fsp3) is 0.462. The van der Waals surface area contributed by atoms with E-state index in [4.69, 9.17) is 4.74 Å². The van der Waals surface area contributed by atoms with Crippen LogP contribution in [0.3, 0.4) is 0 Å². The number of nitrogens with zero attached hydrogens (tertiary/aromatic N) is 4. The van der Waals surface area contributed by atoms with E-state index in [1.165, 1.54) is 11.0 Å². The standard InChI is InChI=1S/C26H30N4O5/c1-2-35-24-10-6-5-9-22(24)28-15-13-27(14-16-28)21-12-11-18(17-23(21)30(33)34)29-25(31)19-7-3-4-8-20(19)26(29)32/h5-6,9-12,17,19-20H,2-4,7-8,13-16H2,1H3/t19-,20+. The van der Waals surface area contributed by atoms with Crippen LogP contribution in [0.5, 0.6) is 5.75 Å².